The van der Waals surface area contributed by atoms with Gasteiger partial charge in [-0.15, -0.1) is 0 Å². The van der Waals surface area contributed by atoms with Crippen LogP contribution < -0.4 is 10.1 Å². The van der Waals surface area contributed by atoms with Gasteiger partial charge in [-0.25, -0.2) is 14.2 Å². The van der Waals surface area contributed by atoms with Crippen LogP contribution in [0.5, 0.6) is 5.75 Å². The fourth-order valence-corrected chi connectivity index (χ4v) is 3.21. The third-order valence-electron chi connectivity index (χ3n) is 4.53. The number of amides is 1. The smallest absolute Gasteiger partial charge is 0.459 e. The number of hydrogen-bond donors (Lipinski definition) is 1. The number of halogens is 6. The van der Waals surface area contributed by atoms with Crippen LogP contribution in [0.2, 0.25) is 0 Å². The lowest BCUT2D eigenvalue weighted by atomic mass is 10.2. The van der Waals surface area contributed by atoms with E-state index >= 15 is 0 Å². The van der Waals surface area contributed by atoms with Gasteiger partial charge in [0.2, 0.25) is 0 Å². The number of carbonyl (C=O) groups excluding carboxylic acids is 1. The minimum absolute atomic E-state index is 0.0327. The second-order valence-electron chi connectivity index (χ2n) is 7.10. The average Bonchev–Trinajstić information content (AvgIpc) is 3.38. The fraction of sp³-hybridized carbons (Fsp3) is 0.200. The Kier molecular flexibility index (Phi) is 6.02. The van der Waals surface area contributed by atoms with Crippen LogP contribution in [-0.4, -0.2) is 36.5 Å². The Labute approximate surface area is 196 Å². The molecule has 0 aliphatic rings. The molecule has 1 aromatic carbocycles. The zero-order chi connectivity index (χ0) is 24.7. The molecule has 1 amide bonds. The Morgan fingerprint density at radius 1 is 1.15 bits per heavy atom. The van der Waals surface area contributed by atoms with Crippen LogP contribution in [0, 0.1) is 6.92 Å². The molecular formula is C20H14BrF5N6O2. The van der Waals surface area contributed by atoms with Gasteiger partial charge in [0.1, 0.15) is 11.4 Å². The first-order valence-electron chi connectivity index (χ1n) is 9.48. The topological polar surface area (TPSA) is 86.3 Å². The predicted octanol–water partition coefficient (Wildman–Crippen LogP) is 4.94. The van der Waals surface area contributed by atoms with Crippen LogP contribution in [0.4, 0.5) is 27.6 Å². The highest BCUT2D eigenvalue weighted by atomic mass is 79.9. The number of rotatable bonds is 6. The van der Waals surface area contributed by atoms with E-state index in [0.717, 1.165) is 10.5 Å². The number of carbonyl (C=O) groups is 1. The van der Waals surface area contributed by atoms with Crippen molar-refractivity contribution in [2.45, 2.75) is 25.8 Å². The highest BCUT2D eigenvalue weighted by Crippen LogP contribution is 2.43. The normalized spacial score (nSPS) is 12.2. The molecule has 0 radical (unpaired) electrons. The Hall–Kier alpha value is -3.55. The van der Waals surface area contributed by atoms with Crippen LogP contribution in [0.15, 0.2) is 53.3 Å². The lowest BCUT2D eigenvalue weighted by molar-refractivity contribution is -0.291. The largest absolute Gasteiger partial charge is 0.471 e. The van der Waals surface area contributed by atoms with Gasteiger partial charge in [-0.3, -0.25) is 4.79 Å². The molecule has 0 saturated carbocycles. The first-order valence-corrected chi connectivity index (χ1v) is 10.3. The van der Waals surface area contributed by atoms with E-state index in [2.05, 4.69) is 36.4 Å². The summed E-state index contributed by atoms with van der Waals surface area (Å²) in [4.78, 5) is 16.4. The summed E-state index contributed by atoms with van der Waals surface area (Å²) in [5.41, 5.74) is -2.05. The van der Waals surface area contributed by atoms with Gasteiger partial charge in [0.05, 0.1) is 18.1 Å². The van der Waals surface area contributed by atoms with E-state index in [1.165, 1.54) is 24.0 Å². The van der Waals surface area contributed by atoms with Gasteiger partial charge in [0.15, 0.2) is 18.1 Å². The Balaban J connectivity index is 1.51. The standard InChI is InChI=1S/C20H14BrF5N6O2/c1-11-6-16(19(22,23)20(24,25)26)32-17(28-11)7-15(30-32)18(33)29-13-8-27-31(9-13)10-34-14-4-2-12(21)3-5-14/h2-9H,10H2,1H3,(H,29,33). The summed E-state index contributed by atoms with van der Waals surface area (Å²) in [6, 6.07) is 8.67. The van der Waals surface area contributed by atoms with E-state index in [4.69, 9.17) is 4.74 Å². The van der Waals surface area contributed by atoms with Crippen molar-refractivity contribution < 1.29 is 31.5 Å². The van der Waals surface area contributed by atoms with Crippen molar-refractivity contribution in [3.05, 3.63) is 70.3 Å². The molecule has 0 atom stereocenters. The number of anilines is 1. The van der Waals surface area contributed by atoms with E-state index in [-0.39, 0.29) is 23.8 Å². The molecule has 0 aliphatic carbocycles. The van der Waals surface area contributed by atoms with E-state index in [9.17, 15) is 26.7 Å². The number of ether oxygens (including phenoxy) is 1. The van der Waals surface area contributed by atoms with Gasteiger partial charge in [-0.05, 0) is 37.3 Å². The number of benzene rings is 1. The zero-order valence-corrected chi connectivity index (χ0v) is 18.7. The summed E-state index contributed by atoms with van der Waals surface area (Å²) in [5, 5.41) is 10.1. The second kappa shape index (κ2) is 8.66. The number of aromatic nitrogens is 5. The van der Waals surface area contributed by atoms with Gasteiger partial charge >= 0.3 is 12.1 Å². The molecule has 0 saturated heterocycles. The van der Waals surface area contributed by atoms with Gasteiger partial charge in [0.25, 0.3) is 5.91 Å². The molecule has 0 unspecified atom stereocenters. The summed E-state index contributed by atoms with van der Waals surface area (Å²) in [6.07, 6.45) is -3.10. The van der Waals surface area contributed by atoms with Crippen molar-refractivity contribution in [1.29, 1.82) is 0 Å². The van der Waals surface area contributed by atoms with Crippen molar-refractivity contribution in [3.63, 3.8) is 0 Å². The maximum Gasteiger partial charge on any atom is 0.459 e. The first-order chi connectivity index (χ1) is 15.9. The summed E-state index contributed by atoms with van der Waals surface area (Å²) in [6.45, 7) is 1.29. The molecule has 0 aliphatic heterocycles. The van der Waals surface area contributed by atoms with Crippen LogP contribution in [0.1, 0.15) is 21.9 Å². The van der Waals surface area contributed by atoms with Crippen LogP contribution in [0.3, 0.4) is 0 Å². The van der Waals surface area contributed by atoms with Gasteiger partial charge in [-0.1, -0.05) is 15.9 Å². The molecule has 0 fully saturated rings. The molecule has 3 heterocycles. The maximum atomic E-state index is 14.0. The average molecular weight is 545 g/mol. The molecule has 178 valence electrons. The summed E-state index contributed by atoms with van der Waals surface area (Å²) in [7, 11) is 0. The van der Waals surface area contributed by atoms with Crippen molar-refractivity contribution in [2.75, 3.05) is 5.32 Å². The first kappa shape index (κ1) is 23.6. The zero-order valence-electron chi connectivity index (χ0n) is 17.1. The maximum absolute atomic E-state index is 14.0. The fourth-order valence-electron chi connectivity index (χ4n) is 2.95. The summed E-state index contributed by atoms with van der Waals surface area (Å²) in [5.74, 6) is -5.46. The van der Waals surface area contributed by atoms with Gasteiger partial charge in [-0.2, -0.15) is 32.1 Å². The Bertz CT molecular complexity index is 1350. The van der Waals surface area contributed by atoms with Crippen LogP contribution in [0.25, 0.3) is 5.65 Å². The molecular weight excluding hydrogens is 531 g/mol. The lowest BCUT2D eigenvalue weighted by Gasteiger charge is -2.20. The molecule has 4 aromatic rings. The number of alkyl halides is 5. The number of hydrogen-bond acceptors (Lipinski definition) is 5. The molecule has 8 nitrogen and oxygen atoms in total. The van der Waals surface area contributed by atoms with Gasteiger partial charge in [0, 0.05) is 16.2 Å². The number of nitrogens with one attached hydrogen (secondary N) is 1. The Morgan fingerprint density at radius 2 is 1.85 bits per heavy atom. The van der Waals surface area contributed by atoms with E-state index in [1.807, 2.05) is 0 Å². The Morgan fingerprint density at radius 3 is 2.53 bits per heavy atom. The van der Waals surface area contributed by atoms with E-state index < -0.39 is 29.4 Å². The molecule has 0 spiro atoms. The third-order valence-corrected chi connectivity index (χ3v) is 5.06. The molecule has 4 rings (SSSR count). The van der Waals surface area contributed by atoms with Crippen molar-refractivity contribution >= 4 is 33.2 Å². The summed E-state index contributed by atoms with van der Waals surface area (Å²) < 4.78 is 74.9. The van der Waals surface area contributed by atoms with E-state index in [1.54, 1.807) is 24.3 Å². The van der Waals surface area contributed by atoms with E-state index in [0.29, 0.717) is 16.3 Å². The van der Waals surface area contributed by atoms with Crippen molar-refractivity contribution in [1.82, 2.24) is 24.4 Å². The van der Waals surface area contributed by atoms with Gasteiger partial charge < -0.3 is 10.1 Å². The minimum atomic E-state index is -5.85. The quantitative estimate of drug-likeness (QED) is 0.347. The van der Waals surface area contributed by atoms with Crippen LogP contribution >= 0.6 is 15.9 Å². The molecule has 3 aromatic heterocycles. The third kappa shape index (κ3) is 4.71. The number of nitrogens with zero attached hydrogens (tertiary/aromatic N) is 5. The lowest BCUT2D eigenvalue weighted by Crippen LogP contribution is -2.36. The summed E-state index contributed by atoms with van der Waals surface area (Å²) >= 11 is 3.31. The minimum Gasteiger partial charge on any atom is -0.471 e. The SMILES string of the molecule is Cc1cc(C(F)(F)C(F)(F)F)n2nc(C(=O)Nc3cnn(COc4ccc(Br)cc4)c3)cc2n1. The molecule has 14 heteroatoms. The number of aryl methyl sites for hydroxylation is 1. The predicted molar refractivity (Wildman–Crippen MR) is 113 cm³/mol. The second-order valence-corrected chi connectivity index (χ2v) is 8.02. The highest BCUT2D eigenvalue weighted by Gasteiger charge is 2.60. The molecule has 34 heavy (non-hydrogen) atoms. The van der Waals surface area contributed by atoms with Crippen molar-refractivity contribution in [3.8, 4) is 5.75 Å². The van der Waals surface area contributed by atoms with Crippen LogP contribution in [-0.2, 0) is 12.7 Å². The number of fused-ring (bicyclic) bond motifs is 1. The molecule has 0 bridgehead atoms. The monoisotopic (exact) mass is 544 g/mol. The van der Waals surface area contributed by atoms with Crippen molar-refractivity contribution in [2.24, 2.45) is 0 Å². The highest BCUT2D eigenvalue weighted by molar-refractivity contribution is 9.10. The molecule has 1 N–H and O–H groups in total.